The molecule has 0 saturated carbocycles. The summed E-state index contributed by atoms with van der Waals surface area (Å²) >= 11 is 0. The zero-order chi connectivity index (χ0) is 14.0. The number of ether oxygens (including phenoxy) is 1. The Labute approximate surface area is 111 Å². The molecule has 0 atom stereocenters. The van der Waals surface area contributed by atoms with Gasteiger partial charge >= 0.3 is 5.97 Å². The largest absolute Gasteiger partial charge is 0.464 e. The maximum atomic E-state index is 11.3. The maximum Gasteiger partial charge on any atom is 0.360 e. The predicted molar refractivity (Wildman–Crippen MR) is 70.5 cm³/mol. The first kappa shape index (κ1) is 13.5. The Hall–Kier alpha value is -1.90. The van der Waals surface area contributed by atoms with E-state index in [1.165, 1.54) is 13.3 Å². The van der Waals surface area contributed by atoms with Crippen molar-refractivity contribution in [2.24, 2.45) is 0 Å². The summed E-state index contributed by atoms with van der Waals surface area (Å²) in [5.41, 5.74) is 0.986. The smallest absolute Gasteiger partial charge is 0.360 e. The molecule has 0 fully saturated rings. The summed E-state index contributed by atoms with van der Waals surface area (Å²) in [4.78, 5) is 11.3. The van der Waals surface area contributed by atoms with Crippen LogP contribution in [-0.2, 0) is 11.3 Å². The Kier molecular flexibility index (Phi) is 3.56. The van der Waals surface area contributed by atoms with Gasteiger partial charge < -0.3 is 4.74 Å². The molecular weight excluding hydrogens is 268 g/mol. The molecule has 0 aliphatic rings. The minimum Gasteiger partial charge on any atom is -0.464 e. The molecule has 2 aromatic heterocycles. The summed E-state index contributed by atoms with van der Waals surface area (Å²) < 4.78 is 6.12. The lowest BCUT2D eigenvalue weighted by Gasteiger charge is -2.23. The number of methoxy groups -OCH3 is 1. The number of hydrogen-bond donors (Lipinski definition) is 1. The fourth-order valence-electron chi connectivity index (χ4n) is 1.56. The van der Waals surface area contributed by atoms with E-state index < -0.39 is 16.0 Å². The van der Waals surface area contributed by atoms with Gasteiger partial charge in [0.15, 0.2) is 5.69 Å². The highest BCUT2D eigenvalue weighted by atomic mass is 32.3. The number of nitrogens with one attached hydrogen (secondary N) is 1. The number of rotatable bonds is 4. The Morgan fingerprint density at radius 1 is 1.42 bits per heavy atom. The van der Waals surface area contributed by atoms with E-state index in [0.29, 0.717) is 6.54 Å². The SMILES string of the molecule is COC(=O)c1cn(Cc2nn[nH]c2S(C)(C)C)nn1. The van der Waals surface area contributed by atoms with E-state index in [2.05, 4.69) is 49.2 Å². The molecule has 0 unspecified atom stereocenters. The lowest BCUT2D eigenvalue weighted by molar-refractivity contribution is 0.0594. The molecule has 2 heterocycles. The molecule has 0 aromatic carbocycles. The van der Waals surface area contributed by atoms with Gasteiger partial charge in [0, 0.05) is 0 Å². The number of esters is 1. The second kappa shape index (κ2) is 5.00. The number of nitrogens with zero attached hydrogens (tertiary/aromatic N) is 5. The molecule has 1 N–H and O–H groups in total. The van der Waals surface area contributed by atoms with Gasteiger partial charge in [-0.25, -0.2) is 19.5 Å². The van der Waals surface area contributed by atoms with Crippen LogP contribution in [0.25, 0.3) is 0 Å². The van der Waals surface area contributed by atoms with Crippen molar-refractivity contribution in [1.29, 1.82) is 0 Å². The van der Waals surface area contributed by atoms with Crippen LogP contribution in [0.5, 0.6) is 0 Å². The molecule has 104 valence electrons. The molecular formula is C10H16N6O2S. The highest BCUT2D eigenvalue weighted by Gasteiger charge is 2.18. The summed E-state index contributed by atoms with van der Waals surface area (Å²) in [6.07, 6.45) is 7.97. The van der Waals surface area contributed by atoms with Crippen molar-refractivity contribution < 1.29 is 9.53 Å². The minimum absolute atomic E-state index is 0.177. The Morgan fingerprint density at radius 2 is 2.16 bits per heavy atom. The molecule has 0 spiro atoms. The average molecular weight is 284 g/mol. The normalized spacial score (nSPS) is 12.4. The molecule has 0 aliphatic carbocycles. The Morgan fingerprint density at radius 3 is 2.79 bits per heavy atom. The third kappa shape index (κ3) is 2.92. The molecule has 0 radical (unpaired) electrons. The number of aromatic amines is 1. The first-order valence-electron chi connectivity index (χ1n) is 5.48. The van der Waals surface area contributed by atoms with Crippen LogP contribution in [-0.4, -0.2) is 62.3 Å². The molecule has 0 amide bonds. The maximum absolute atomic E-state index is 11.3. The molecule has 0 bridgehead atoms. The fraction of sp³-hybridized carbons (Fsp3) is 0.500. The van der Waals surface area contributed by atoms with Crippen molar-refractivity contribution in [1.82, 2.24) is 30.4 Å². The highest BCUT2D eigenvalue weighted by molar-refractivity contribution is 8.32. The Balaban J connectivity index is 2.20. The van der Waals surface area contributed by atoms with Crippen LogP contribution in [0.1, 0.15) is 16.2 Å². The average Bonchev–Trinajstić information content (AvgIpc) is 2.96. The van der Waals surface area contributed by atoms with Crippen LogP contribution in [0.15, 0.2) is 11.2 Å². The highest BCUT2D eigenvalue weighted by Crippen LogP contribution is 2.44. The van der Waals surface area contributed by atoms with E-state index in [4.69, 9.17) is 0 Å². The van der Waals surface area contributed by atoms with Gasteiger partial charge in [-0.2, -0.15) is 0 Å². The van der Waals surface area contributed by atoms with Crippen LogP contribution in [0.3, 0.4) is 0 Å². The summed E-state index contributed by atoms with van der Waals surface area (Å²) in [7, 11) is 0.347. The molecule has 2 rings (SSSR count). The van der Waals surface area contributed by atoms with E-state index in [9.17, 15) is 4.79 Å². The summed E-state index contributed by atoms with van der Waals surface area (Å²) in [6, 6.07) is 0. The fourth-order valence-corrected chi connectivity index (χ4v) is 2.69. The molecule has 2 aromatic rings. The van der Waals surface area contributed by atoms with Crippen LogP contribution in [0, 0.1) is 0 Å². The second-order valence-electron chi connectivity index (χ2n) is 4.72. The van der Waals surface area contributed by atoms with Crippen molar-refractivity contribution >= 4 is 16.0 Å². The third-order valence-corrected chi connectivity index (χ3v) is 3.99. The van der Waals surface area contributed by atoms with Gasteiger partial charge in [-0.05, 0) is 18.8 Å². The summed E-state index contributed by atoms with van der Waals surface area (Å²) in [6.45, 7) is 0.417. The summed E-state index contributed by atoms with van der Waals surface area (Å²) in [5, 5.41) is 19.5. The molecule has 19 heavy (non-hydrogen) atoms. The van der Waals surface area contributed by atoms with Crippen LogP contribution >= 0.6 is 10.0 Å². The molecule has 0 saturated heterocycles. The molecule has 8 nitrogen and oxygen atoms in total. The van der Waals surface area contributed by atoms with Gasteiger partial charge in [-0.3, -0.25) is 5.10 Å². The van der Waals surface area contributed by atoms with Crippen molar-refractivity contribution in [2.75, 3.05) is 25.9 Å². The first-order valence-corrected chi connectivity index (χ1v) is 8.34. The van der Waals surface area contributed by atoms with Gasteiger partial charge in [0.25, 0.3) is 0 Å². The van der Waals surface area contributed by atoms with Crippen LogP contribution in [0.4, 0.5) is 0 Å². The number of carbonyl (C=O) groups excluding carboxylic acids is 1. The van der Waals surface area contributed by atoms with Gasteiger partial charge in [0.1, 0.15) is 5.69 Å². The van der Waals surface area contributed by atoms with Gasteiger partial charge in [0.05, 0.1) is 24.9 Å². The van der Waals surface area contributed by atoms with E-state index in [1.54, 1.807) is 4.68 Å². The Bertz CT molecular complexity index is 585. The lowest BCUT2D eigenvalue weighted by Crippen LogP contribution is -2.05. The number of aromatic nitrogens is 6. The first-order chi connectivity index (χ1) is 8.91. The van der Waals surface area contributed by atoms with Crippen molar-refractivity contribution in [3.05, 3.63) is 17.6 Å². The van der Waals surface area contributed by atoms with E-state index in [1.807, 2.05) is 0 Å². The van der Waals surface area contributed by atoms with E-state index in [-0.39, 0.29) is 5.69 Å². The van der Waals surface area contributed by atoms with E-state index >= 15 is 0 Å². The van der Waals surface area contributed by atoms with Crippen molar-refractivity contribution in [3.63, 3.8) is 0 Å². The van der Waals surface area contributed by atoms with Crippen LogP contribution < -0.4 is 0 Å². The zero-order valence-corrected chi connectivity index (χ0v) is 12.1. The van der Waals surface area contributed by atoms with Gasteiger partial charge in [-0.15, -0.1) is 10.2 Å². The van der Waals surface area contributed by atoms with Crippen molar-refractivity contribution in [3.8, 4) is 0 Å². The monoisotopic (exact) mass is 284 g/mol. The second-order valence-corrected chi connectivity index (χ2v) is 8.80. The zero-order valence-electron chi connectivity index (χ0n) is 11.2. The lowest BCUT2D eigenvalue weighted by atomic mass is 10.4. The number of carbonyl (C=O) groups is 1. The molecule has 9 heteroatoms. The predicted octanol–water partition coefficient (Wildman–Crippen LogP) is 0.284. The summed E-state index contributed by atoms with van der Waals surface area (Å²) in [5.74, 6) is -0.506. The van der Waals surface area contributed by atoms with Gasteiger partial charge in [0.2, 0.25) is 0 Å². The topological polar surface area (TPSA) is 98.6 Å². The third-order valence-electron chi connectivity index (χ3n) is 2.44. The van der Waals surface area contributed by atoms with Gasteiger partial charge in [-0.1, -0.05) is 10.4 Å². The van der Waals surface area contributed by atoms with Crippen LogP contribution in [0.2, 0.25) is 0 Å². The molecule has 0 aliphatic heterocycles. The standard InChI is InChI=1S/C10H16N6O2S/c1-18-10(17)8-6-16(15-12-8)5-7-9(13-14-11-7)19(2,3)4/h6H,5H2,1-4H3,(H,11,13,14). The number of H-pyrrole nitrogens is 1. The number of hydrogen-bond acceptors (Lipinski definition) is 6. The quantitative estimate of drug-likeness (QED) is 0.810. The van der Waals surface area contributed by atoms with Crippen molar-refractivity contribution in [2.45, 2.75) is 11.6 Å². The van der Waals surface area contributed by atoms with E-state index in [0.717, 1.165) is 10.7 Å². The minimum atomic E-state index is -0.958.